The molecule has 0 spiro atoms. The highest BCUT2D eigenvalue weighted by Crippen LogP contribution is 2.39. The molecule has 0 bridgehead atoms. The number of aromatic carboxylic acids is 1. The second kappa shape index (κ2) is 9.26. The van der Waals surface area contributed by atoms with Crippen LogP contribution in [0.2, 0.25) is 0 Å². The van der Waals surface area contributed by atoms with Crippen molar-refractivity contribution in [1.29, 1.82) is 0 Å². The van der Waals surface area contributed by atoms with Crippen molar-refractivity contribution >= 4 is 11.7 Å². The molecule has 0 saturated carbocycles. The zero-order valence-electron chi connectivity index (χ0n) is 19.1. The number of nitrogens with zero attached hydrogens (tertiary/aromatic N) is 2. The van der Waals surface area contributed by atoms with Gasteiger partial charge in [0.25, 0.3) is 0 Å². The van der Waals surface area contributed by atoms with Gasteiger partial charge in [0.1, 0.15) is 5.75 Å². The van der Waals surface area contributed by atoms with Gasteiger partial charge in [-0.25, -0.2) is 4.79 Å². The minimum atomic E-state index is -0.893. The van der Waals surface area contributed by atoms with E-state index in [4.69, 9.17) is 4.74 Å². The summed E-state index contributed by atoms with van der Waals surface area (Å²) in [6, 6.07) is 15.0. The summed E-state index contributed by atoms with van der Waals surface area (Å²) in [6.45, 7) is 1.56. The highest BCUT2D eigenvalue weighted by Gasteiger charge is 2.23. The van der Waals surface area contributed by atoms with Crippen LogP contribution >= 0.6 is 0 Å². The molecule has 5 heteroatoms. The number of anilines is 1. The predicted octanol–water partition coefficient (Wildman–Crippen LogP) is 5.40. The first-order valence-corrected chi connectivity index (χ1v) is 11.8. The molecule has 33 heavy (non-hydrogen) atoms. The van der Waals surface area contributed by atoms with Gasteiger partial charge in [-0.3, -0.25) is 4.98 Å². The highest BCUT2D eigenvalue weighted by molar-refractivity contribution is 5.89. The van der Waals surface area contributed by atoms with Gasteiger partial charge in [0.2, 0.25) is 0 Å². The Labute approximate surface area is 195 Å². The average Bonchev–Trinajstić information content (AvgIpc) is 3.30. The number of carboxylic acid groups (broad SMARTS) is 1. The van der Waals surface area contributed by atoms with Gasteiger partial charge >= 0.3 is 5.97 Å². The summed E-state index contributed by atoms with van der Waals surface area (Å²) < 4.78 is 6.04. The van der Waals surface area contributed by atoms with Crippen molar-refractivity contribution in [2.75, 3.05) is 18.6 Å². The SMILES string of the molecule is CN(Cc1ccc2c(c1)CCC2)c1ccc2c(c1)OCC[C@H]2CCc1cnccc1C(=O)O. The fourth-order valence-electron chi connectivity index (χ4n) is 5.24. The van der Waals surface area contributed by atoms with E-state index in [2.05, 4.69) is 53.3 Å². The second-order valence-electron chi connectivity index (χ2n) is 9.25. The van der Waals surface area contributed by atoms with Crippen LogP contribution in [0.15, 0.2) is 54.9 Å². The van der Waals surface area contributed by atoms with E-state index in [1.807, 2.05) is 0 Å². The number of aromatic nitrogens is 1. The summed E-state index contributed by atoms with van der Waals surface area (Å²) in [7, 11) is 2.13. The van der Waals surface area contributed by atoms with Crippen molar-refractivity contribution in [1.82, 2.24) is 4.98 Å². The van der Waals surface area contributed by atoms with E-state index in [1.165, 1.54) is 47.7 Å². The van der Waals surface area contributed by atoms with E-state index in [9.17, 15) is 9.90 Å². The molecule has 5 rings (SSSR count). The van der Waals surface area contributed by atoms with Crippen LogP contribution in [-0.4, -0.2) is 29.7 Å². The number of ether oxygens (including phenoxy) is 1. The molecule has 0 amide bonds. The lowest BCUT2D eigenvalue weighted by atomic mass is 9.87. The van der Waals surface area contributed by atoms with Gasteiger partial charge in [-0.15, -0.1) is 0 Å². The summed E-state index contributed by atoms with van der Waals surface area (Å²) in [4.78, 5) is 17.9. The van der Waals surface area contributed by atoms with Crippen LogP contribution in [0.5, 0.6) is 5.75 Å². The maximum Gasteiger partial charge on any atom is 0.336 e. The number of rotatable bonds is 7. The zero-order valence-corrected chi connectivity index (χ0v) is 19.1. The van der Waals surface area contributed by atoms with Gasteiger partial charge in [0, 0.05) is 37.7 Å². The number of benzene rings is 2. The Morgan fingerprint density at radius 1 is 1.15 bits per heavy atom. The van der Waals surface area contributed by atoms with Gasteiger partial charge in [0.15, 0.2) is 0 Å². The van der Waals surface area contributed by atoms with Crippen molar-refractivity contribution in [2.24, 2.45) is 0 Å². The third kappa shape index (κ3) is 4.58. The standard InChI is InChI=1S/C28H30N2O3/c1-30(18-19-5-6-20-3-2-4-22(20)15-19)24-9-10-25-21(12-14-33-27(25)16-24)7-8-23-17-29-13-11-26(23)28(31)32/h5-6,9-11,13,15-17,21H,2-4,7-8,12,14,18H2,1H3,(H,31,32)/t21-/m1/s1. The Balaban J connectivity index is 1.29. The molecule has 2 aliphatic rings. The summed E-state index contributed by atoms with van der Waals surface area (Å²) >= 11 is 0. The van der Waals surface area contributed by atoms with Crippen molar-refractivity contribution in [3.05, 3.63) is 88.2 Å². The Kier molecular flexibility index (Phi) is 6.03. The molecular formula is C28H30N2O3. The van der Waals surface area contributed by atoms with Crippen LogP contribution in [0.3, 0.4) is 0 Å². The van der Waals surface area contributed by atoms with E-state index >= 15 is 0 Å². The summed E-state index contributed by atoms with van der Waals surface area (Å²) in [6.07, 6.45) is 9.43. The molecule has 5 nitrogen and oxygen atoms in total. The number of pyridine rings is 1. The van der Waals surface area contributed by atoms with Gasteiger partial charge in [-0.2, -0.15) is 0 Å². The van der Waals surface area contributed by atoms with Crippen LogP contribution in [0.25, 0.3) is 0 Å². The molecular weight excluding hydrogens is 412 g/mol. The summed E-state index contributed by atoms with van der Waals surface area (Å²) in [5, 5.41) is 9.44. The van der Waals surface area contributed by atoms with E-state index in [-0.39, 0.29) is 0 Å². The lowest BCUT2D eigenvalue weighted by Gasteiger charge is -2.28. The van der Waals surface area contributed by atoms with Crippen LogP contribution in [0, 0.1) is 0 Å². The largest absolute Gasteiger partial charge is 0.493 e. The molecule has 2 aromatic carbocycles. The van der Waals surface area contributed by atoms with E-state index in [0.29, 0.717) is 24.5 Å². The van der Waals surface area contributed by atoms with Gasteiger partial charge in [-0.05, 0) is 84.4 Å². The average molecular weight is 443 g/mol. The molecule has 2 heterocycles. The molecule has 1 aromatic heterocycles. The summed E-state index contributed by atoms with van der Waals surface area (Å²) in [5.74, 6) is 0.414. The number of aryl methyl sites for hydroxylation is 3. The summed E-state index contributed by atoms with van der Waals surface area (Å²) in [5.41, 5.74) is 7.88. The molecule has 0 fully saturated rings. The van der Waals surface area contributed by atoms with Crippen LogP contribution < -0.4 is 9.64 Å². The van der Waals surface area contributed by atoms with Crippen LogP contribution in [0.4, 0.5) is 5.69 Å². The minimum Gasteiger partial charge on any atom is -0.493 e. The topological polar surface area (TPSA) is 62.7 Å². The molecule has 170 valence electrons. The molecule has 1 N–H and O–H groups in total. The molecule has 1 atom stereocenters. The number of hydrogen-bond donors (Lipinski definition) is 1. The fourth-order valence-corrected chi connectivity index (χ4v) is 5.24. The third-order valence-electron chi connectivity index (χ3n) is 7.08. The van der Waals surface area contributed by atoms with Gasteiger partial charge in [0.05, 0.1) is 12.2 Å². The Morgan fingerprint density at radius 3 is 2.91 bits per heavy atom. The van der Waals surface area contributed by atoms with Gasteiger partial charge in [-0.1, -0.05) is 24.3 Å². The number of fused-ring (bicyclic) bond motifs is 2. The van der Waals surface area contributed by atoms with E-state index in [0.717, 1.165) is 36.4 Å². The van der Waals surface area contributed by atoms with Crippen molar-refractivity contribution in [3.8, 4) is 5.75 Å². The lowest BCUT2D eigenvalue weighted by Crippen LogP contribution is -2.19. The number of hydrogen-bond acceptors (Lipinski definition) is 4. The molecule has 0 unspecified atom stereocenters. The fraction of sp³-hybridized carbons (Fsp3) is 0.357. The first-order valence-electron chi connectivity index (χ1n) is 11.8. The number of carbonyl (C=O) groups is 1. The second-order valence-corrected chi connectivity index (χ2v) is 9.25. The first kappa shape index (κ1) is 21.5. The van der Waals surface area contributed by atoms with Crippen molar-refractivity contribution in [2.45, 2.75) is 51.0 Å². The quantitative estimate of drug-likeness (QED) is 0.531. The zero-order chi connectivity index (χ0) is 22.8. The minimum absolute atomic E-state index is 0.348. The van der Waals surface area contributed by atoms with Gasteiger partial charge < -0.3 is 14.7 Å². The maximum absolute atomic E-state index is 11.5. The predicted molar refractivity (Wildman–Crippen MR) is 129 cm³/mol. The third-order valence-corrected chi connectivity index (χ3v) is 7.08. The van der Waals surface area contributed by atoms with Crippen molar-refractivity contribution < 1.29 is 14.6 Å². The van der Waals surface area contributed by atoms with Crippen LogP contribution in [-0.2, 0) is 25.8 Å². The van der Waals surface area contributed by atoms with E-state index in [1.54, 1.807) is 12.3 Å². The maximum atomic E-state index is 11.5. The van der Waals surface area contributed by atoms with Crippen LogP contribution in [0.1, 0.15) is 63.4 Å². The smallest absolute Gasteiger partial charge is 0.336 e. The monoisotopic (exact) mass is 442 g/mol. The lowest BCUT2D eigenvalue weighted by molar-refractivity contribution is 0.0695. The molecule has 0 saturated heterocycles. The first-order chi connectivity index (χ1) is 16.1. The Morgan fingerprint density at radius 2 is 2.03 bits per heavy atom. The van der Waals surface area contributed by atoms with Crippen molar-refractivity contribution in [3.63, 3.8) is 0 Å². The Bertz CT molecular complexity index is 1170. The molecule has 0 radical (unpaired) electrons. The number of carboxylic acids is 1. The Hall–Kier alpha value is -3.34. The highest BCUT2D eigenvalue weighted by atomic mass is 16.5. The molecule has 1 aliphatic carbocycles. The molecule has 3 aromatic rings. The van der Waals surface area contributed by atoms with E-state index < -0.39 is 5.97 Å². The normalized spacial score (nSPS) is 16.6. The molecule has 1 aliphatic heterocycles.